The van der Waals surface area contributed by atoms with Crippen LogP contribution in [0, 0.1) is 5.82 Å². The van der Waals surface area contributed by atoms with Crippen molar-refractivity contribution in [2.45, 2.75) is 12.4 Å². The third-order valence-corrected chi connectivity index (χ3v) is 2.30. The first-order valence-electron chi connectivity index (χ1n) is 5.06. The molecular weight excluding hydrogens is 268 g/mol. The van der Waals surface area contributed by atoms with Crippen LogP contribution in [-0.2, 0) is 0 Å². The highest BCUT2D eigenvalue weighted by atomic mass is 19.4. The summed E-state index contributed by atoms with van der Waals surface area (Å²) in [6.45, 7) is 0. The standard InChI is InChI=1S/C11H8F4N2O2/c12-7-3-6(10(16)9-4-17-5-18-9)1-2-8(7)19-11(13,14)15/h1-5,10H,16H2/t10-/m1/s1. The van der Waals surface area contributed by atoms with E-state index in [4.69, 9.17) is 10.2 Å². The van der Waals surface area contributed by atoms with Gasteiger partial charge in [0.25, 0.3) is 0 Å². The smallest absolute Gasteiger partial charge is 0.446 e. The summed E-state index contributed by atoms with van der Waals surface area (Å²) in [4.78, 5) is 3.64. The van der Waals surface area contributed by atoms with Gasteiger partial charge in [-0.1, -0.05) is 6.07 Å². The molecular formula is C11H8F4N2O2. The molecule has 0 radical (unpaired) electrons. The average molecular weight is 276 g/mol. The van der Waals surface area contributed by atoms with Crippen molar-refractivity contribution in [1.29, 1.82) is 0 Å². The molecule has 0 unspecified atom stereocenters. The molecule has 4 nitrogen and oxygen atoms in total. The van der Waals surface area contributed by atoms with Crippen molar-refractivity contribution in [1.82, 2.24) is 4.98 Å². The molecule has 0 saturated carbocycles. The monoisotopic (exact) mass is 276 g/mol. The predicted octanol–water partition coefficient (Wildman–Crippen LogP) is 2.76. The fourth-order valence-corrected chi connectivity index (χ4v) is 1.46. The normalized spacial score (nSPS) is 13.3. The second-order valence-corrected chi connectivity index (χ2v) is 3.62. The highest BCUT2D eigenvalue weighted by molar-refractivity contribution is 5.33. The van der Waals surface area contributed by atoms with Gasteiger partial charge >= 0.3 is 6.36 Å². The van der Waals surface area contributed by atoms with Crippen molar-refractivity contribution in [3.05, 3.63) is 47.9 Å². The van der Waals surface area contributed by atoms with Crippen LogP contribution in [0.4, 0.5) is 17.6 Å². The molecule has 1 aromatic carbocycles. The first-order chi connectivity index (χ1) is 8.87. The minimum absolute atomic E-state index is 0.240. The average Bonchev–Trinajstić information content (AvgIpc) is 2.82. The fraction of sp³-hybridized carbons (Fsp3) is 0.182. The van der Waals surface area contributed by atoms with Gasteiger partial charge in [-0.3, -0.25) is 0 Å². The van der Waals surface area contributed by atoms with E-state index < -0.39 is 24.0 Å². The van der Waals surface area contributed by atoms with Gasteiger partial charge in [-0.2, -0.15) is 0 Å². The quantitative estimate of drug-likeness (QED) is 0.876. The Labute approximate surface area is 104 Å². The maximum atomic E-state index is 13.5. The number of ether oxygens (including phenoxy) is 1. The maximum absolute atomic E-state index is 13.5. The van der Waals surface area contributed by atoms with Gasteiger partial charge in [0.05, 0.1) is 12.2 Å². The summed E-state index contributed by atoms with van der Waals surface area (Å²) in [6, 6.07) is 2.11. The number of nitrogens with zero attached hydrogens (tertiary/aromatic N) is 1. The summed E-state index contributed by atoms with van der Waals surface area (Å²) in [7, 11) is 0. The van der Waals surface area contributed by atoms with Crippen LogP contribution in [0.5, 0.6) is 5.75 Å². The number of oxazole rings is 1. The Bertz CT molecular complexity index is 554. The molecule has 0 saturated heterocycles. The molecule has 2 rings (SSSR count). The van der Waals surface area contributed by atoms with Gasteiger partial charge in [0.15, 0.2) is 18.0 Å². The number of rotatable bonds is 3. The topological polar surface area (TPSA) is 61.3 Å². The van der Waals surface area contributed by atoms with E-state index in [2.05, 4.69) is 9.72 Å². The Morgan fingerprint density at radius 3 is 2.58 bits per heavy atom. The van der Waals surface area contributed by atoms with Crippen molar-refractivity contribution in [3.8, 4) is 5.75 Å². The molecule has 0 aliphatic heterocycles. The molecule has 19 heavy (non-hydrogen) atoms. The number of halogens is 4. The lowest BCUT2D eigenvalue weighted by Gasteiger charge is -2.12. The second kappa shape index (κ2) is 4.88. The molecule has 0 aliphatic rings. The zero-order valence-corrected chi connectivity index (χ0v) is 9.32. The van der Waals surface area contributed by atoms with Crippen LogP contribution in [0.25, 0.3) is 0 Å². The molecule has 0 aliphatic carbocycles. The molecule has 0 fully saturated rings. The zero-order chi connectivity index (χ0) is 14.0. The number of benzene rings is 1. The Hall–Kier alpha value is -2.09. The molecule has 102 valence electrons. The summed E-state index contributed by atoms with van der Waals surface area (Å²) in [6.07, 6.45) is -2.47. The summed E-state index contributed by atoms with van der Waals surface area (Å²) in [5, 5.41) is 0. The summed E-state index contributed by atoms with van der Waals surface area (Å²) in [5.74, 6) is -1.81. The Kier molecular flexibility index (Phi) is 3.43. The summed E-state index contributed by atoms with van der Waals surface area (Å²) >= 11 is 0. The van der Waals surface area contributed by atoms with Gasteiger partial charge in [-0.15, -0.1) is 13.2 Å². The predicted molar refractivity (Wildman–Crippen MR) is 55.6 cm³/mol. The molecule has 0 amide bonds. The second-order valence-electron chi connectivity index (χ2n) is 3.62. The number of nitrogens with two attached hydrogens (primary N) is 1. The van der Waals surface area contributed by atoms with Gasteiger partial charge in [0, 0.05) is 0 Å². The van der Waals surface area contributed by atoms with Gasteiger partial charge in [0.1, 0.15) is 5.76 Å². The van der Waals surface area contributed by atoms with E-state index in [0.29, 0.717) is 0 Å². The van der Waals surface area contributed by atoms with Crippen LogP contribution in [0.2, 0.25) is 0 Å². The van der Waals surface area contributed by atoms with Gasteiger partial charge in [-0.25, -0.2) is 9.37 Å². The van der Waals surface area contributed by atoms with Crippen LogP contribution in [0.15, 0.2) is 35.2 Å². The highest BCUT2D eigenvalue weighted by Crippen LogP contribution is 2.28. The lowest BCUT2D eigenvalue weighted by atomic mass is 10.1. The van der Waals surface area contributed by atoms with Crippen molar-refractivity contribution >= 4 is 0 Å². The van der Waals surface area contributed by atoms with E-state index in [1.54, 1.807) is 0 Å². The van der Waals surface area contributed by atoms with E-state index in [0.717, 1.165) is 18.5 Å². The number of hydrogen-bond donors (Lipinski definition) is 1. The fourth-order valence-electron chi connectivity index (χ4n) is 1.46. The van der Waals surface area contributed by atoms with Gasteiger partial charge < -0.3 is 14.9 Å². The van der Waals surface area contributed by atoms with Crippen molar-refractivity contribution in [3.63, 3.8) is 0 Å². The molecule has 2 aromatic rings. The van der Waals surface area contributed by atoms with Crippen LogP contribution < -0.4 is 10.5 Å². The minimum Gasteiger partial charge on any atom is -0.446 e. The number of hydrogen-bond acceptors (Lipinski definition) is 4. The summed E-state index contributed by atoms with van der Waals surface area (Å²) < 4.78 is 57.8. The largest absolute Gasteiger partial charge is 0.573 e. The molecule has 0 spiro atoms. The van der Waals surface area contributed by atoms with Gasteiger partial charge in [-0.05, 0) is 17.7 Å². The Morgan fingerprint density at radius 1 is 1.32 bits per heavy atom. The van der Waals surface area contributed by atoms with Crippen LogP contribution >= 0.6 is 0 Å². The number of alkyl halides is 3. The van der Waals surface area contributed by atoms with E-state index in [-0.39, 0.29) is 11.3 Å². The van der Waals surface area contributed by atoms with Crippen LogP contribution in [0.3, 0.4) is 0 Å². The molecule has 1 heterocycles. The van der Waals surface area contributed by atoms with Crippen LogP contribution in [-0.4, -0.2) is 11.3 Å². The van der Waals surface area contributed by atoms with E-state index >= 15 is 0 Å². The lowest BCUT2D eigenvalue weighted by Crippen LogP contribution is -2.18. The Morgan fingerprint density at radius 2 is 2.05 bits per heavy atom. The van der Waals surface area contributed by atoms with E-state index in [1.165, 1.54) is 12.3 Å². The molecule has 0 bridgehead atoms. The lowest BCUT2D eigenvalue weighted by molar-refractivity contribution is -0.275. The molecule has 1 atom stereocenters. The third-order valence-electron chi connectivity index (χ3n) is 2.30. The SMILES string of the molecule is N[C@H](c1ccc(OC(F)(F)F)c(F)c1)c1cnco1. The zero-order valence-electron chi connectivity index (χ0n) is 9.32. The first-order valence-corrected chi connectivity index (χ1v) is 5.06. The van der Waals surface area contributed by atoms with Crippen molar-refractivity contribution < 1.29 is 26.7 Å². The van der Waals surface area contributed by atoms with Crippen molar-refractivity contribution in [2.24, 2.45) is 5.73 Å². The highest BCUT2D eigenvalue weighted by Gasteiger charge is 2.32. The first kappa shape index (κ1) is 13.3. The Balaban J connectivity index is 2.24. The van der Waals surface area contributed by atoms with E-state index in [1.807, 2.05) is 0 Å². The molecule has 2 N–H and O–H groups in total. The molecule has 1 aromatic heterocycles. The van der Waals surface area contributed by atoms with Crippen molar-refractivity contribution in [2.75, 3.05) is 0 Å². The van der Waals surface area contributed by atoms with Crippen LogP contribution in [0.1, 0.15) is 17.4 Å². The third kappa shape index (κ3) is 3.22. The van der Waals surface area contributed by atoms with E-state index in [9.17, 15) is 17.6 Å². The van der Waals surface area contributed by atoms with Gasteiger partial charge in [0.2, 0.25) is 0 Å². The maximum Gasteiger partial charge on any atom is 0.573 e. The summed E-state index contributed by atoms with van der Waals surface area (Å²) in [5.41, 5.74) is 5.98. The minimum atomic E-state index is -4.95. The molecule has 8 heteroatoms. The number of aromatic nitrogens is 1.